The van der Waals surface area contributed by atoms with Crippen molar-refractivity contribution >= 4 is 23.3 Å². The van der Waals surface area contributed by atoms with Crippen molar-refractivity contribution in [2.24, 2.45) is 0 Å². The first-order valence-corrected chi connectivity index (χ1v) is 5.73. The van der Waals surface area contributed by atoms with Crippen LogP contribution in [0.25, 0.3) is 0 Å². The minimum absolute atomic E-state index is 0.149. The summed E-state index contributed by atoms with van der Waals surface area (Å²) in [6.45, 7) is 1.84. The molecule has 1 aromatic carbocycles. The fourth-order valence-corrected chi connectivity index (χ4v) is 1.72. The minimum atomic E-state index is -1.13. The zero-order valence-electron chi connectivity index (χ0n) is 9.88. The highest BCUT2D eigenvalue weighted by molar-refractivity contribution is 6.34. The number of hydrogen-bond acceptors (Lipinski definition) is 2. The molecule has 1 heterocycles. The molecule has 6 heteroatoms. The van der Waals surface area contributed by atoms with E-state index < -0.39 is 17.5 Å². The molecule has 0 spiro atoms. The standard InChI is InChI=1S/C13H9ClF2N2O/c1-7-2-3-17-12(4-7)18-13(19)8-5-10(15)11(16)6-9(8)14/h2-6H,1H3,(H,17,18,19). The van der Waals surface area contributed by atoms with Crippen LogP contribution in [-0.2, 0) is 0 Å². The molecule has 3 nitrogen and oxygen atoms in total. The first-order valence-electron chi connectivity index (χ1n) is 5.36. The van der Waals surface area contributed by atoms with Gasteiger partial charge in [0.1, 0.15) is 5.82 Å². The van der Waals surface area contributed by atoms with Gasteiger partial charge in [-0.15, -0.1) is 0 Å². The van der Waals surface area contributed by atoms with Crippen LogP contribution < -0.4 is 5.32 Å². The average Bonchev–Trinajstić information content (AvgIpc) is 2.33. The lowest BCUT2D eigenvalue weighted by molar-refractivity contribution is 0.102. The SMILES string of the molecule is Cc1ccnc(NC(=O)c2cc(F)c(F)cc2Cl)c1. The van der Waals surface area contributed by atoms with E-state index in [0.717, 1.165) is 17.7 Å². The van der Waals surface area contributed by atoms with Crippen molar-refractivity contribution in [1.29, 1.82) is 0 Å². The fourth-order valence-electron chi connectivity index (χ4n) is 1.48. The summed E-state index contributed by atoms with van der Waals surface area (Å²) in [6.07, 6.45) is 1.53. The van der Waals surface area contributed by atoms with Gasteiger partial charge in [0.15, 0.2) is 11.6 Å². The summed E-state index contributed by atoms with van der Waals surface area (Å²) in [5.41, 5.74) is 0.755. The van der Waals surface area contributed by atoms with E-state index in [9.17, 15) is 13.6 Å². The lowest BCUT2D eigenvalue weighted by Crippen LogP contribution is -2.14. The van der Waals surface area contributed by atoms with Gasteiger partial charge in [0.25, 0.3) is 5.91 Å². The van der Waals surface area contributed by atoms with Gasteiger partial charge in [-0.1, -0.05) is 11.6 Å². The van der Waals surface area contributed by atoms with Gasteiger partial charge >= 0.3 is 0 Å². The number of aryl methyl sites for hydroxylation is 1. The van der Waals surface area contributed by atoms with E-state index in [4.69, 9.17) is 11.6 Å². The van der Waals surface area contributed by atoms with Gasteiger partial charge in [0.05, 0.1) is 10.6 Å². The Hall–Kier alpha value is -2.01. The third kappa shape index (κ3) is 3.06. The van der Waals surface area contributed by atoms with Gasteiger partial charge in [-0.2, -0.15) is 0 Å². The molecular formula is C13H9ClF2N2O. The zero-order valence-corrected chi connectivity index (χ0v) is 10.6. The predicted octanol–water partition coefficient (Wildman–Crippen LogP) is 3.57. The number of anilines is 1. The highest BCUT2D eigenvalue weighted by Crippen LogP contribution is 2.21. The van der Waals surface area contributed by atoms with E-state index in [1.165, 1.54) is 6.20 Å². The van der Waals surface area contributed by atoms with Crippen LogP contribution in [0.1, 0.15) is 15.9 Å². The van der Waals surface area contributed by atoms with E-state index in [2.05, 4.69) is 10.3 Å². The molecule has 0 unspecified atom stereocenters. The molecule has 1 aromatic heterocycles. The Balaban J connectivity index is 2.28. The number of carbonyl (C=O) groups excluding carboxylic acids is 1. The second-order valence-electron chi connectivity index (χ2n) is 3.92. The molecular weight excluding hydrogens is 274 g/mol. The summed E-state index contributed by atoms with van der Waals surface area (Å²) in [5, 5.41) is 2.30. The molecule has 2 rings (SSSR count). The van der Waals surface area contributed by atoms with E-state index in [0.29, 0.717) is 5.82 Å². The van der Waals surface area contributed by atoms with E-state index in [1.54, 1.807) is 12.1 Å². The Kier molecular flexibility index (Phi) is 3.76. The number of rotatable bonds is 2. The molecule has 0 saturated carbocycles. The van der Waals surface area contributed by atoms with E-state index >= 15 is 0 Å². The fraction of sp³-hybridized carbons (Fsp3) is 0.0769. The molecule has 0 saturated heterocycles. The zero-order chi connectivity index (χ0) is 14.0. The lowest BCUT2D eigenvalue weighted by Gasteiger charge is -2.07. The molecule has 1 N–H and O–H groups in total. The third-order valence-corrected chi connectivity index (χ3v) is 2.72. The lowest BCUT2D eigenvalue weighted by atomic mass is 10.2. The monoisotopic (exact) mass is 282 g/mol. The molecule has 1 amide bonds. The molecule has 0 aliphatic heterocycles. The van der Waals surface area contributed by atoms with Gasteiger partial charge in [0, 0.05) is 6.20 Å². The van der Waals surface area contributed by atoms with Crippen molar-refractivity contribution in [3.8, 4) is 0 Å². The van der Waals surface area contributed by atoms with Crippen molar-refractivity contribution in [3.63, 3.8) is 0 Å². The molecule has 0 aliphatic rings. The Morgan fingerprint density at radius 3 is 2.63 bits per heavy atom. The van der Waals surface area contributed by atoms with Crippen LogP contribution in [0.2, 0.25) is 5.02 Å². The normalized spacial score (nSPS) is 10.3. The largest absolute Gasteiger partial charge is 0.307 e. The van der Waals surface area contributed by atoms with E-state index in [1.807, 2.05) is 6.92 Å². The maximum Gasteiger partial charge on any atom is 0.258 e. The maximum atomic E-state index is 13.1. The van der Waals surface area contributed by atoms with Crippen molar-refractivity contribution in [1.82, 2.24) is 4.98 Å². The average molecular weight is 283 g/mol. The van der Waals surface area contributed by atoms with Crippen molar-refractivity contribution in [3.05, 3.63) is 58.2 Å². The number of carbonyl (C=O) groups is 1. The number of amides is 1. The predicted molar refractivity (Wildman–Crippen MR) is 68.3 cm³/mol. The molecule has 2 aromatic rings. The molecule has 0 atom stereocenters. The molecule has 19 heavy (non-hydrogen) atoms. The smallest absolute Gasteiger partial charge is 0.258 e. The van der Waals surface area contributed by atoms with E-state index in [-0.39, 0.29) is 10.6 Å². The Morgan fingerprint density at radius 2 is 1.95 bits per heavy atom. The first-order chi connectivity index (χ1) is 8.97. The van der Waals surface area contributed by atoms with Crippen LogP contribution in [0.5, 0.6) is 0 Å². The van der Waals surface area contributed by atoms with Gasteiger partial charge in [-0.25, -0.2) is 13.8 Å². The summed E-state index contributed by atoms with van der Waals surface area (Å²) in [7, 11) is 0. The van der Waals surface area contributed by atoms with Gasteiger partial charge < -0.3 is 5.32 Å². The quantitative estimate of drug-likeness (QED) is 0.856. The highest BCUT2D eigenvalue weighted by atomic mass is 35.5. The van der Waals surface area contributed by atoms with Crippen LogP contribution in [0, 0.1) is 18.6 Å². The summed E-state index contributed by atoms with van der Waals surface area (Å²) in [5.74, 6) is -2.57. The number of aromatic nitrogens is 1. The van der Waals surface area contributed by atoms with Gasteiger partial charge in [-0.3, -0.25) is 4.79 Å². The van der Waals surface area contributed by atoms with Gasteiger partial charge in [-0.05, 0) is 36.8 Å². The summed E-state index contributed by atoms with van der Waals surface area (Å²) in [4.78, 5) is 15.8. The van der Waals surface area contributed by atoms with Crippen LogP contribution in [0.3, 0.4) is 0 Å². The van der Waals surface area contributed by atoms with Gasteiger partial charge in [0.2, 0.25) is 0 Å². The molecule has 98 valence electrons. The molecule has 0 fully saturated rings. The van der Waals surface area contributed by atoms with Crippen molar-refractivity contribution in [2.75, 3.05) is 5.32 Å². The Labute approximate surface area is 113 Å². The minimum Gasteiger partial charge on any atom is -0.307 e. The summed E-state index contributed by atoms with van der Waals surface area (Å²) in [6, 6.07) is 4.92. The molecule has 0 bridgehead atoms. The highest BCUT2D eigenvalue weighted by Gasteiger charge is 2.15. The Bertz CT molecular complexity index is 647. The molecule has 0 aliphatic carbocycles. The van der Waals surface area contributed by atoms with Crippen LogP contribution in [0.15, 0.2) is 30.5 Å². The first kappa shape index (κ1) is 13.4. The number of nitrogens with zero attached hydrogens (tertiary/aromatic N) is 1. The number of hydrogen-bond donors (Lipinski definition) is 1. The topological polar surface area (TPSA) is 42.0 Å². The Morgan fingerprint density at radius 1 is 1.26 bits per heavy atom. The third-order valence-electron chi connectivity index (χ3n) is 2.41. The number of nitrogens with one attached hydrogen (secondary N) is 1. The van der Waals surface area contributed by atoms with Crippen molar-refractivity contribution in [2.45, 2.75) is 6.92 Å². The number of benzene rings is 1. The second-order valence-corrected chi connectivity index (χ2v) is 4.33. The van der Waals surface area contributed by atoms with Crippen LogP contribution in [-0.4, -0.2) is 10.9 Å². The summed E-state index contributed by atoms with van der Waals surface area (Å²) < 4.78 is 26.0. The van der Waals surface area contributed by atoms with Crippen molar-refractivity contribution < 1.29 is 13.6 Å². The van der Waals surface area contributed by atoms with Crippen LogP contribution in [0.4, 0.5) is 14.6 Å². The second kappa shape index (κ2) is 5.32. The number of pyridine rings is 1. The molecule has 0 radical (unpaired) electrons. The number of halogens is 3. The summed E-state index contributed by atoms with van der Waals surface area (Å²) >= 11 is 5.71. The maximum absolute atomic E-state index is 13.1. The van der Waals surface area contributed by atoms with Crippen LogP contribution >= 0.6 is 11.6 Å².